The lowest BCUT2D eigenvalue weighted by Gasteiger charge is -2.25. The van der Waals surface area contributed by atoms with Gasteiger partial charge in [-0.1, -0.05) is 18.6 Å². The standard InChI is InChI=1S/C24H24N4O3S2/c1-27-16-19(33(30,31)28-13-5-2-6-14-28)15-21(27)23(29)25-18-11-9-17(10-12-18)24-26-20-7-3-4-8-22(20)32-24/h3-4,7-12,15-16H,2,5-6,13-14H2,1H3,(H,25,29). The van der Waals surface area contributed by atoms with Gasteiger partial charge in [-0.25, -0.2) is 13.4 Å². The maximum atomic E-state index is 12.9. The average Bonchev–Trinajstić information content (AvgIpc) is 3.44. The van der Waals surface area contributed by atoms with E-state index in [1.807, 2.05) is 48.5 Å². The van der Waals surface area contributed by atoms with Crippen LogP contribution in [0.1, 0.15) is 29.8 Å². The van der Waals surface area contributed by atoms with Gasteiger partial charge in [0.05, 0.1) is 10.2 Å². The van der Waals surface area contributed by atoms with Crippen LogP contribution in [0.2, 0.25) is 0 Å². The number of rotatable bonds is 5. The first-order valence-electron chi connectivity index (χ1n) is 10.9. The Morgan fingerprint density at radius 1 is 1.03 bits per heavy atom. The monoisotopic (exact) mass is 480 g/mol. The SMILES string of the molecule is Cn1cc(S(=O)(=O)N2CCCCC2)cc1C(=O)Nc1ccc(-c2nc3ccccc3s2)cc1. The highest BCUT2D eigenvalue weighted by Gasteiger charge is 2.28. The lowest BCUT2D eigenvalue weighted by Crippen LogP contribution is -2.35. The molecule has 0 saturated carbocycles. The van der Waals surface area contributed by atoms with Crippen LogP contribution in [0.3, 0.4) is 0 Å². The van der Waals surface area contributed by atoms with Crippen LogP contribution in [0.5, 0.6) is 0 Å². The molecule has 2 aromatic heterocycles. The smallest absolute Gasteiger partial charge is 0.272 e. The molecule has 1 saturated heterocycles. The summed E-state index contributed by atoms with van der Waals surface area (Å²) in [6.45, 7) is 1.06. The predicted octanol–water partition coefficient (Wildman–Crippen LogP) is 4.73. The van der Waals surface area contributed by atoms with E-state index in [1.54, 1.807) is 23.0 Å². The number of thiazole rings is 1. The molecule has 0 unspecified atom stereocenters. The normalized spacial score (nSPS) is 15.1. The minimum absolute atomic E-state index is 0.156. The van der Waals surface area contributed by atoms with Gasteiger partial charge in [0.1, 0.15) is 15.6 Å². The van der Waals surface area contributed by atoms with Crippen LogP contribution in [0.4, 0.5) is 5.69 Å². The zero-order valence-corrected chi connectivity index (χ0v) is 19.8. The van der Waals surface area contributed by atoms with E-state index in [4.69, 9.17) is 0 Å². The topological polar surface area (TPSA) is 84.3 Å². The van der Waals surface area contributed by atoms with Crippen LogP contribution in [0.15, 0.2) is 65.7 Å². The summed E-state index contributed by atoms with van der Waals surface area (Å²) >= 11 is 1.62. The number of nitrogens with zero attached hydrogens (tertiary/aromatic N) is 3. The van der Waals surface area contributed by atoms with Gasteiger partial charge in [0, 0.05) is 37.6 Å². The second-order valence-corrected chi connectivity index (χ2v) is 11.1. The highest BCUT2D eigenvalue weighted by molar-refractivity contribution is 7.89. The number of nitrogens with one attached hydrogen (secondary N) is 1. The summed E-state index contributed by atoms with van der Waals surface area (Å²) in [6.07, 6.45) is 4.29. The van der Waals surface area contributed by atoms with Gasteiger partial charge >= 0.3 is 0 Å². The number of hydrogen-bond donors (Lipinski definition) is 1. The summed E-state index contributed by atoms with van der Waals surface area (Å²) in [5, 5.41) is 3.78. The minimum Gasteiger partial charge on any atom is -0.345 e. The molecule has 1 aliphatic heterocycles. The van der Waals surface area contributed by atoms with Crippen LogP contribution in [-0.2, 0) is 17.1 Å². The van der Waals surface area contributed by atoms with Gasteiger partial charge in [-0.2, -0.15) is 4.31 Å². The molecular formula is C24H24N4O3S2. The number of aryl methyl sites for hydroxylation is 1. The number of benzene rings is 2. The molecule has 0 radical (unpaired) electrons. The van der Waals surface area contributed by atoms with Gasteiger partial charge in [0.25, 0.3) is 5.91 Å². The molecule has 1 fully saturated rings. The number of fused-ring (bicyclic) bond motifs is 1. The molecule has 0 aliphatic carbocycles. The molecule has 1 amide bonds. The van der Waals surface area contributed by atoms with Crippen LogP contribution < -0.4 is 5.32 Å². The molecule has 170 valence electrons. The van der Waals surface area contributed by atoms with Crippen molar-refractivity contribution in [3.63, 3.8) is 0 Å². The number of carbonyl (C=O) groups excluding carboxylic acids is 1. The van der Waals surface area contributed by atoms with Crippen LogP contribution in [-0.4, -0.2) is 41.3 Å². The van der Waals surface area contributed by atoms with E-state index in [1.165, 1.54) is 16.6 Å². The van der Waals surface area contributed by atoms with Crippen LogP contribution in [0.25, 0.3) is 20.8 Å². The molecule has 5 rings (SSSR count). The lowest BCUT2D eigenvalue weighted by molar-refractivity contribution is 0.101. The van der Waals surface area contributed by atoms with Crippen molar-refractivity contribution in [3.05, 3.63) is 66.5 Å². The fourth-order valence-corrected chi connectivity index (χ4v) is 6.60. The van der Waals surface area contributed by atoms with Crippen molar-refractivity contribution in [2.45, 2.75) is 24.2 Å². The Balaban J connectivity index is 1.32. The highest BCUT2D eigenvalue weighted by Crippen LogP contribution is 2.30. The fraction of sp³-hybridized carbons (Fsp3) is 0.250. The zero-order valence-electron chi connectivity index (χ0n) is 18.2. The van der Waals surface area contributed by atoms with Crippen molar-refractivity contribution in [2.75, 3.05) is 18.4 Å². The second-order valence-electron chi connectivity index (χ2n) is 8.15. The molecule has 7 nitrogen and oxygen atoms in total. The first-order valence-corrected chi connectivity index (χ1v) is 13.1. The number of piperidine rings is 1. The summed E-state index contributed by atoms with van der Waals surface area (Å²) < 4.78 is 30.1. The highest BCUT2D eigenvalue weighted by atomic mass is 32.2. The van der Waals surface area contributed by atoms with E-state index in [9.17, 15) is 13.2 Å². The number of anilines is 1. The molecule has 2 aromatic carbocycles. The quantitative estimate of drug-likeness (QED) is 0.448. The molecular weight excluding hydrogens is 456 g/mol. The van der Waals surface area contributed by atoms with E-state index in [0.717, 1.165) is 40.1 Å². The molecule has 0 spiro atoms. The average molecular weight is 481 g/mol. The number of aromatic nitrogens is 2. The van der Waals surface area contributed by atoms with E-state index in [2.05, 4.69) is 10.3 Å². The Kier molecular flexibility index (Phi) is 5.77. The van der Waals surface area contributed by atoms with Crippen molar-refractivity contribution in [2.24, 2.45) is 7.05 Å². The molecule has 33 heavy (non-hydrogen) atoms. The summed E-state index contributed by atoms with van der Waals surface area (Å²) in [4.78, 5) is 17.7. The number of amides is 1. The molecule has 0 bridgehead atoms. The number of hydrogen-bond acceptors (Lipinski definition) is 5. The molecule has 0 atom stereocenters. The largest absolute Gasteiger partial charge is 0.345 e. The number of sulfonamides is 1. The van der Waals surface area contributed by atoms with E-state index in [-0.39, 0.29) is 10.8 Å². The van der Waals surface area contributed by atoms with Gasteiger partial charge in [-0.3, -0.25) is 4.79 Å². The summed E-state index contributed by atoms with van der Waals surface area (Å²) in [5.74, 6) is -0.356. The van der Waals surface area contributed by atoms with Crippen LogP contribution >= 0.6 is 11.3 Å². The molecule has 9 heteroatoms. The Hall–Kier alpha value is -3.01. The lowest BCUT2D eigenvalue weighted by atomic mass is 10.2. The van der Waals surface area contributed by atoms with E-state index < -0.39 is 10.0 Å². The molecule has 3 heterocycles. The third-order valence-electron chi connectivity index (χ3n) is 5.85. The first-order chi connectivity index (χ1) is 15.9. The maximum absolute atomic E-state index is 12.9. The Labute approximate surface area is 196 Å². The van der Waals surface area contributed by atoms with Gasteiger partial charge in [0.2, 0.25) is 10.0 Å². The zero-order chi connectivity index (χ0) is 23.0. The molecule has 4 aromatic rings. The van der Waals surface area contributed by atoms with Crippen molar-refractivity contribution in [1.82, 2.24) is 13.9 Å². The number of para-hydroxylation sites is 1. The summed E-state index contributed by atoms with van der Waals surface area (Å²) in [5.41, 5.74) is 2.87. The summed E-state index contributed by atoms with van der Waals surface area (Å²) in [6, 6.07) is 17.0. The predicted molar refractivity (Wildman–Crippen MR) is 131 cm³/mol. The van der Waals surface area contributed by atoms with Crippen molar-refractivity contribution in [1.29, 1.82) is 0 Å². The Morgan fingerprint density at radius 2 is 1.76 bits per heavy atom. The van der Waals surface area contributed by atoms with E-state index >= 15 is 0 Å². The molecule has 1 aliphatic rings. The van der Waals surface area contributed by atoms with Crippen molar-refractivity contribution in [3.8, 4) is 10.6 Å². The minimum atomic E-state index is -3.59. The third kappa shape index (κ3) is 4.31. The first kappa shape index (κ1) is 21.8. The van der Waals surface area contributed by atoms with Crippen LogP contribution in [0, 0.1) is 0 Å². The maximum Gasteiger partial charge on any atom is 0.272 e. The van der Waals surface area contributed by atoms with Gasteiger partial charge < -0.3 is 9.88 Å². The Morgan fingerprint density at radius 3 is 2.48 bits per heavy atom. The van der Waals surface area contributed by atoms with Crippen molar-refractivity contribution < 1.29 is 13.2 Å². The van der Waals surface area contributed by atoms with E-state index in [0.29, 0.717) is 24.5 Å². The Bertz CT molecular complexity index is 1380. The number of carbonyl (C=O) groups is 1. The van der Waals surface area contributed by atoms with Gasteiger partial charge in [-0.15, -0.1) is 11.3 Å². The van der Waals surface area contributed by atoms with Gasteiger partial charge in [0.15, 0.2) is 0 Å². The second kappa shape index (κ2) is 8.74. The third-order valence-corrected chi connectivity index (χ3v) is 8.80. The van der Waals surface area contributed by atoms with Crippen molar-refractivity contribution >= 4 is 43.2 Å². The molecule has 1 N–H and O–H groups in total. The van der Waals surface area contributed by atoms with Gasteiger partial charge in [-0.05, 0) is 55.3 Å². The summed E-state index contributed by atoms with van der Waals surface area (Å²) in [7, 11) is -1.91. The fourth-order valence-electron chi connectivity index (χ4n) is 4.04.